The number of carbonyl (C=O) groups is 2. The lowest BCUT2D eigenvalue weighted by molar-refractivity contribution is -0.117. The molecule has 0 unspecified atom stereocenters. The molecule has 3 aromatic rings. The highest BCUT2D eigenvalue weighted by Crippen LogP contribution is 2.50. The summed E-state index contributed by atoms with van der Waals surface area (Å²) in [6.45, 7) is 0.338. The Labute approximate surface area is 235 Å². The Hall–Kier alpha value is -4.92. The number of benzene rings is 3. The Morgan fingerprint density at radius 2 is 1.49 bits per heavy atom. The third-order valence-electron chi connectivity index (χ3n) is 7.96. The van der Waals surface area contributed by atoms with Gasteiger partial charge in [-0.25, -0.2) is 0 Å². The maximum absolute atomic E-state index is 13.2. The monoisotopic (exact) mass is 556 g/mol. The van der Waals surface area contributed by atoms with Crippen LogP contribution in [0.4, 0.5) is 0 Å². The first kappa shape index (κ1) is 26.3. The largest absolute Gasteiger partial charge is 0.508 e. The summed E-state index contributed by atoms with van der Waals surface area (Å²) in [5.41, 5.74) is 3.17. The molecule has 0 spiro atoms. The number of carbonyl (C=O) groups excluding carboxylic acids is 2. The average molecular weight is 557 g/mol. The first-order chi connectivity index (χ1) is 19.8. The predicted octanol–water partition coefficient (Wildman–Crippen LogP) is 4.28. The molecule has 210 valence electrons. The highest BCUT2D eigenvalue weighted by molar-refractivity contribution is 6.19. The molecule has 1 aliphatic carbocycles. The molecule has 6 rings (SSSR count). The molecule has 0 aromatic heterocycles. The van der Waals surface area contributed by atoms with Crippen LogP contribution in [0.25, 0.3) is 0 Å². The van der Waals surface area contributed by atoms with Crippen molar-refractivity contribution in [1.29, 1.82) is 0 Å². The molecule has 0 fully saturated rings. The first-order valence-electron chi connectivity index (χ1n) is 13.1. The van der Waals surface area contributed by atoms with Crippen LogP contribution in [0.2, 0.25) is 0 Å². The summed E-state index contributed by atoms with van der Waals surface area (Å²) >= 11 is 0. The van der Waals surface area contributed by atoms with Gasteiger partial charge in [0.2, 0.25) is 5.78 Å². The van der Waals surface area contributed by atoms with Crippen molar-refractivity contribution in [2.45, 2.75) is 18.3 Å². The summed E-state index contributed by atoms with van der Waals surface area (Å²) < 4.78 is 22.7. The van der Waals surface area contributed by atoms with Gasteiger partial charge in [0.05, 0.1) is 27.4 Å². The third-order valence-corrected chi connectivity index (χ3v) is 7.96. The fraction of sp³-hybridized carbons (Fsp3) is 0.250. The zero-order valence-corrected chi connectivity index (χ0v) is 22.4. The summed E-state index contributed by atoms with van der Waals surface area (Å²) in [6, 6.07) is 13.2. The van der Waals surface area contributed by atoms with Gasteiger partial charge < -0.3 is 34.3 Å². The van der Waals surface area contributed by atoms with Crippen molar-refractivity contribution in [3.8, 4) is 34.5 Å². The lowest BCUT2D eigenvalue weighted by atomic mass is 9.72. The molecule has 0 saturated heterocycles. The molecule has 3 aromatic carbocycles. The Bertz CT molecular complexity index is 1630. The Morgan fingerprint density at radius 1 is 0.756 bits per heavy atom. The number of fused-ring (bicyclic) bond motifs is 2. The summed E-state index contributed by atoms with van der Waals surface area (Å²) in [5, 5.41) is 31.1. The number of phenolic OH excluding ortho intramolecular Hbond substituents is 3. The third kappa shape index (κ3) is 4.63. The van der Waals surface area contributed by atoms with Crippen molar-refractivity contribution in [3.63, 3.8) is 0 Å². The van der Waals surface area contributed by atoms with E-state index in [-0.39, 0.29) is 53.5 Å². The number of ether oxygens (including phenoxy) is 4. The van der Waals surface area contributed by atoms with Crippen molar-refractivity contribution in [3.05, 3.63) is 94.3 Å². The van der Waals surface area contributed by atoms with Gasteiger partial charge in [-0.2, -0.15) is 0 Å². The van der Waals surface area contributed by atoms with Crippen LogP contribution in [0.5, 0.6) is 34.5 Å². The summed E-state index contributed by atoms with van der Waals surface area (Å²) in [5.74, 6) is -0.516. The number of ketones is 2. The minimum Gasteiger partial charge on any atom is -0.508 e. The second-order valence-electron chi connectivity index (χ2n) is 10.3. The van der Waals surface area contributed by atoms with E-state index in [1.165, 1.54) is 38.5 Å². The predicted molar refractivity (Wildman–Crippen MR) is 147 cm³/mol. The standard InChI is InChI=1S/C32H28O9/c1-38-29-12-25(35)21(17-7-16-3-4-18(33)8-28(16)40-14-17)10-23(29)32-20-6-5-19(34)9-30(20)41-15-24(32)22-11-27(37)31(39-2)13-26(22)36/h3-6,8-13,17,24,32-35H,7,14-15H2,1-2H3/t17-,24+,32+/m1/s1. The molecule has 2 heterocycles. The van der Waals surface area contributed by atoms with E-state index in [1.807, 2.05) is 6.07 Å². The molecule has 0 radical (unpaired) electrons. The number of allylic oxidation sites excluding steroid dienone is 2. The molecule has 0 bridgehead atoms. The zero-order valence-electron chi connectivity index (χ0n) is 22.4. The summed E-state index contributed by atoms with van der Waals surface area (Å²) in [6.07, 6.45) is 3.05. The van der Waals surface area contributed by atoms with Crippen molar-refractivity contribution in [1.82, 2.24) is 0 Å². The van der Waals surface area contributed by atoms with Gasteiger partial charge in [-0.3, -0.25) is 9.59 Å². The number of phenols is 3. The second kappa shape index (κ2) is 10.2. The van der Waals surface area contributed by atoms with Gasteiger partial charge in [-0.05, 0) is 36.3 Å². The van der Waals surface area contributed by atoms with E-state index < -0.39 is 17.6 Å². The van der Waals surface area contributed by atoms with Crippen molar-refractivity contribution < 1.29 is 43.9 Å². The van der Waals surface area contributed by atoms with Crippen molar-refractivity contribution in [2.24, 2.45) is 5.92 Å². The Kier molecular flexibility index (Phi) is 6.57. The Morgan fingerprint density at radius 3 is 2.24 bits per heavy atom. The molecule has 2 aliphatic heterocycles. The number of methoxy groups -OCH3 is 2. The molecule has 3 atom stereocenters. The maximum Gasteiger partial charge on any atom is 0.220 e. The van der Waals surface area contributed by atoms with Gasteiger partial charge in [-0.1, -0.05) is 12.1 Å². The lowest BCUT2D eigenvalue weighted by Crippen LogP contribution is -2.33. The second-order valence-corrected chi connectivity index (χ2v) is 10.3. The molecular weight excluding hydrogens is 528 g/mol. The number of aromatic hydroxyl groups is 3. The smallest absolute Gasteiger partial charge is 0.220 e. The van der Waals surface area contributed by atoms with E-state index in [9.17, 15) is 24.9 Å². The normalized spacial score (nSPS) is 21.5. The molecule has 9 nitrogen and oxygen atoms in total. The van der Waals surface area contributed by atoms with Crippen LogP contribution in [0.3, 0.4) is 0 Å². The van der Waals surface area contributed by atoms with Gasteiger partial charge in [0, 0.05) is 64.3 Å². The van der Waals surface area contributed by atoms with Crippen LogP contribution in [-0.2, 0) is 20.7 Å². The SMILES string of the molecule is COC1=CC(=O)C([C@@H]2COc3cc(O)ccc3[C@H]2c2cc([C@H]3COc4cc(O)ccc4C3)c(O)cc2OC)=CC1=O. The van der Waals surface area contributed by atoms with Crippen LogP contribution >= 0.6 is 0 Å². The maximum atomic E-state index is 13.2. The van der Waals surface area contributed by atoms with E-state index in [2.05, 4.69) is 0 Å². The molecule has 3 aliphatic rings. The topological polar surface area (TPSA) is 132 Å². The van der Waals surface area contributed by atoms with Gasteiger partial charge in [0.1, 0.15) is 34.5 Å². The number of rotatable bonds is 5. The average Bonchev–Trinajstić information content (AvgIpc) is 2.97. The van der Waals surface area contributed by atoms with Crippen molar-refractivity contribution in [2.75, 3.05) is 27.4 Å². The zero-order chi connectivity index (χ0) is 28.8. The number of hydrogen-bond acceptors (Lipinski definition) is 9. The molecule has 9 heteroatoms. The minimum atomic E-state index is -0.587. The van der Waals surface area contributed by atoms with Crippen LogP contribution < -0.4 is 14.2 Å². The molecular formula is C32H28O9. The van der Waals surface area contributed by atoms with Crippen LogP contribution in [0, 0.1) is 5.92 Å². The fourth-order valence-corrected chi connectivity index (χ4v) is 5.97. The van der Waals surface area contributed by atoms with Crippen LogP contribution in [0.15, 0.2) is 72.0 Å². The highest BCUT2D eigenvalue weighted by Gasteiger charge is 2.40. The number of hydrogen-bond donors (Lipinski definition) is 3. The molecule has 0 saturated carbocycles. The Balaban J connectivity index is 1.48. The quantitative estimate of drug-likeness (QED) is 0.394. The van der Waals surface area contributed by atoms with Gasteiger partial charge >= 0.3 is 0 Å². The molecule has 0 amide bonds. The van der Waals surface area contributed by atoms with E-state index >= 15 is 0 Å². The molecule has 41 heavy (non-hydrogen) atoms. The fourth-order valence-electron chi connectivity index (χ4n) is 5.97. The van der Waals surface area contributed by atoms with E-state index in [4.69, 9.17) is 18.9 Å². The first-order valence-corrected chi connectivity index (χ1v) is 13.1. The van der Waals surface area contributed by atoms with Crippen LogP contribution in [-0.4, -0.2) is 54.3 Å². The minimum absolute atomic E-state index is 0.0270. The van der Waals surface area contributed by atoms with Crippen molar-refractivity contribution >= 4 is 11.6 Å². The van der Waals surface area contributed by atoms with Gasteiger partial charge in [0.25, 0.3) is 0 Å². The molecule has 3 N–H and O–H groups in total. The lowest BCUT2D eigenvalue weighted by Gasteiger charge is -2.36. The van der Waals surface area contributed by atoms with Crippen LogP contribution in [0.1, 0.15) is 34.1 Å². The summed E-state index contributed by atoms with van der Waals surface area (Å²) in [4.78, 5) is 26.0. The van der Waals surface area contributed by atoms with E-state index in [0.29, 0.717) is 40.4 Å². The van der Waals surface area contributed by atoms with Gasteiger partial charge in [-0.15, -0.1) is 0 Å². The summed E-state index contributed by atoms with van der Waals surface area (Å²) in [7, 11) is 2.84. The van der Waals surface area contributed by atoms with E-state index in [1.54, 1.807) is 30.3 Å². The highest BCUT2D eigenvalue weighted by atomic mass is 16.5. The van der Waals surface area contributed by atoms with E-state index in [0.717, 1.165) is 5.56 Å². The van der Waals surface area contributed by atoms with Gasteiger partial charge in [0.15, 0.2) is 11.5 Å².